The van der Waals surface area contributed by atoms with Crippen LogP contribution in [0.15, 0.2) is 30.3 Å². The molecule has 0 bridgehead atoms. The molecule has 2 rings (SSSR count). The fourth-order valence-corrected chi connectivity index (χ4v) is 1.85. The normalized spacial score (nSPS) is 13.9. The molecule has 1 aliphatic rings. The number of para-hydroxylation sites is 1. The highest BCUT2D eigenvalue weighted by Crippen LogP contribution is 2.07. The number of thioether (sulfide) groups is 1. The van der Waals surface area contributed by atoms with E-state index in [1.165, 1.54) is 17.4 Å². The average molecular weight is 254 g/mol. The summed E-state index contributed by atoms with van der Waals surface area (Å²) in [7, 11) is 4.07. The van der Waals surface area contributed by atoms with Gasteiger partial charge >= 0.3 is 0 Å². The molecule has 0 saturated carbocycles. The van der Waals surface area contributed by atoms with Gasteiger partial charge in [0.2, 0.25) is 5.91 Å². The summed E-state index contributed by atoms with van der Waals surface area (Å²) in [6, 6.07) is 10.3. The topological polar surface area (TPSA) is 32.3 Å². The summed E-state index contributed by atoms with van der Waals surface area (Å²) in [4.78, 5) is 12.3. The first-order valence-electron chi connectivity index (χ1n) is 4.78. The molecule has 5 heteroatoms. The fraction of sp³-hybridized carbons (Fsp3) is 0.273. The van der Waals surface area contributed by atoms with Crippen LogP contribution in [0.25, 0.3) is 0 Å². The number of nitrogens with one attached hydrogen (secondary N) is 1. The summed E-state index contributed by atoms with van der Waals surface area (Å²) in [5.74, 6) is 0.522. The van der Waals surface area contributed by atoms with Crippen LogP contribution in [0.2, 0.25) is 0 Å². The lowest BCUT2D eigenvalue weighted by Crippen LogP contribution is -2.18. The molecule has 1 aliphatic heterocycles. The maximum Gasteiger partial charge on any atom is 0.235 e. The number of thiocarbonyl (C=S) groups is 1. The Kier molecular flexibility index (Phi) is 5.28. The van der Waals surface area contributed by atoms with Crippen LogP contribution in [0, 0.1) is 0 Å². The molecule has 1 heterocycles. The Bertz CT molecular complexity index is 352. The first-order chi connectivity index (χ1) is 7.59. The highest BCUT2D eigenvalue weighted by molar-refractivity contribution is 8.24. The number of amides is 1. The van der Waals surface area contributed by atoms with Crippen LogP contribution in [-0.4, -0.2) is 30.1 Å². The van der Waals surface area contributed by atoms with E-state index in [-0.39, 0.29) is 5.91 Å². The van der Waals surface area contributed by atoms with E-state index in [1.807, 2.05) is 32.3 Å². The van der Waals surface area contributed by atoms with Crippen molar-refractivity contribution in [1.29, 1.82) is 0 Å². The number of carbonyl (C=O) groups excluding carboxylic acids is 1. The van der Waals surface area contributed by atoms with Crippen molar-refractivity contribution in [2.45, 2.75) is 0 Å². The standard InChI is InChI=1S/C8H11N.C3H3NOS2/c1-9(2)8-6-4-3-5-7-8;5-2-1-7-3(6)4-2/h3-7H,1-2H3;1H2,(H,4,5,6). The van der Waals surface area contributed by atoms with Crippen molar-refractivity contribution in [2.24, 2.45) is 0 Å². The van der Waals surface area contributed by atoms with Crippen molar-refractivity contribution in [3.63, 3.8) is 0 Å². The van der Waals surface area contributed by atoms with E-state index in [0.29, 0.717) is 10.1 Å². The molecule has 86 valence electrons. The van der Waals surface area contributed by atoms with Gasteiger partial charge in [-0.3, -0.25) is 4.79 Å². The third-order valence-electron chi connectivity index (χ3n) is 1.85. The largest absolute Gasteiger partial charge is 0.378 e. The fourth-order valence-electron chi connectivity index (χ4n) is 1.04. The Balaban J connectivity index is 0.000000165. The number of carbonyl (C=O) groups is 1. The Hall–Kier alpha value is -1.07. The van der Waals surface area contributed by atoms with Crippen LogP contribution in [0.5, 0.6) is 0 Å². The van der Waals surface area contributed by atoms with Gasteiger partial charge in [-0.05, 0) is 12.1 Å². The molecule has 0 atom stereocenters. The molecule has 0 aromatic heterocycles. The minimum atomic E-state index is 0.0231. The Labute approximate surface area is 105 Å². The second-order valence-corrected chi connectivity index (χ2v) is 5.01. The minimum Gasteiger partial charge on any atom is -0.378 e. The molecule has 1 aromatic rings. The molecule has 1 amide bonds. The predicted octanol–water partition coefficient (Wildman–Crippen LogP) is 1.89. The van der Waals surface area contributed by atoms with E-state index in [9.17, 15) is 4.79 Å². The van der Waals surface area contributed by atoms with Gasteiger partial charge in [-0.1, -0.05) is 42.2 Å². The Morgan fingerprint density at radius 3 is 2.19 bits per heavy atom. The molecule has 1 aromatic carbocycles. The van der Waals surface area contributed by atoms with Crippen molar-refractivity contribution in [1.82, 2.24) is 5.32 Å². The van der Waals surface area contributed by atoms with Crippen LogP contribution in [0.4, 0.5) is 5.69 Å². The Morgan fingerprint density at radius 2 is 1.94 bits per heavy atom. The number of hydrogen-bond acceptors (Lipinski definition) is 4. The SMILES string of the molecule is CN(C)c1ccccc1.O=C1CSC(=S)N1. The maximum absolute atomic E-state index is 10.2. The lowest BCUT2D eigenvalue weighted by Gasteiger charge is -2.10. The summed E-state index contributed by atoms with van der Waals surface area (Å²) in [5.41, 5.74) is 1.25. The summed E-state index contributed by atoms with van der Waals surface area (Å²) >= 11 is 6.00. The zero-order valence-corrected chi connectivity index (χ0v) is 10.9. The van der Waals surface area contributed by atoms with Crippen molar-refractivity contribution in [3.05, 3.63) is 30.3 Å². The molecule has 1 saturated heterocycles. The third kappa shape index (κ3) is 4.63. The number of rotatable bonds is 1. The Morgan fingerprint density at radius 1 is 1.31 bits per heavy atom. The number of nitrogens with zero attached hydrogens (tertiary/aromatic N) is 1. The maximum atomic E-state index is 10.2. The van der Waals surface area contributed by atoms with Gasteiger partial charge in [-0.15, -0.1) is 0 Å². The average Bonchev–Trinajstić information content (AvgIpc) is 2.65. The van der Waals surface area contributed by atoms with Crippen LogP contribution in [0.3, 0.4) is 0 Å². The monoisotopic (exact) mass is 254 g/mol. The predicted molar refractivity (Wildman–Crippen MR) is 74.0 cm³/mol. The van der Waals surface area contributed by atoms with Gasteiger partial charge in [0, 0.05) is 19.8 Å². The van der Waals surface area contributed by atoms with Crippen molar-refractivity contribution in [2.75, 3.05) is 24.7 Å². The molecule has 0 unspecified atom stereocenters. The molecule has 1 N–H and O–H groups in total. The summed E-state index contributed by atoms with van der Waals surface area (Å²) in [6.45, 7) is 0. The summed E-state index contributed by atoms with van der Waals surface area (Å²) < 4.78 is 0.602. The number of benzene rings is 1. The van der Waals surface area contributed by atoms with Gasteiger partial charge in [0.25, 0.3) is 0 Å². The van der Waals surface area contributed by atoms with E-state index >= 15 is 0 Å². The van der Waals surface area contributed by atoms with Crippen LogP contribution >= 0.6 is 24.0 Å². The number of hydrogen-bond donors (Lipinski definition) is 1. The molecule has 0 aliphatic carbocycles. The molecular weight excluding hydrogens is 240 g/mol. The minimum absolute atomic E-state index is 0.0231. The quantitative estimate of drug-likeness (QED) is 0.776. The zero-order valence-electron chi connectivity index (χ0n) is 9.27. The van der Waals surface area contributed by atoms with Gasteiger partial charge in [0.05, 0.1) is 5.75 Å². The van der Waals surface area contributed by atoms with Crippen LogP contribution in [-0.2, 0) is 4.79 Å². The van der Waals surface area contributed by atoms with E-state index in [1.54, 1.807) is 0 Å². The summed E-state index contributed by atoms with van der Waals surface area (Å²) in [5, 5.41) is 2.47. The third-order valence-corrected chi connectivity index (χ3v) is 3.07. The molecule has 0 radical (unpaired) electrons. The van der Waals surface area contributed by atoms with Gasteiger partial charge in [-0.25, -0.2) is 0 Å². The summed E-state index contributed by atoms with van der Waals surface area (Å²) in [6.07, 6.45) is 0. The molecular formula is C11H14N2OS2. The molecule has 16 heavy (non-hydrogen) atoms. The second kappa shape index (κ2) is 6.50. The molecule has 3 nitrogen and oxygen atoms in total. The van der Waals surface area contributed by atoms with Crippen LogP contribution < -0.4 is 10.2 Å². The molecule has 1 fully saturated rings. The van der Waals surface area contributed by atoms with Gasteiger partial charge < -0.3 is 10.2 Å². The first-order valence-corrected chi connectivity index (χ1v) is 6.18. The number of anilines is 1. The van der Waals surface area contributed by atoms with Gasteiger partial charge in [0.15, 0.2) is 0 Å². The van der Waals surface area contributed by atoms with Crippen LogP contribution in [0.1, 0.15) is 0 Å². The lowest BCUT2D eigenvalue weighted by molar-refractivity contribution is -0.116. The highest BCUT2D eigenvalue weighted by atomic mass is 32.2. The van der Waals surface area contributed by atoms with Crippen molar-refractivity contribution < 1.29 is 4.79 Å². The molecule has 0 spiro atoms. The second-order valence-electron chi connectivity index (χ2n) is 3.35. The highest BCUT2D eigenvalue weighted by Gasteiger charge is 2.13. The van der Waals surface area contributed by atoms with Crippen molar-refractivity contribution in [3.8, 4) is 0 Å². The zero-order chi connectivity index (χ0) is 12.0. The first kappa shape index (κ1) is 13.0. The lowest BCUT2D eigenvalue weighted by atomic mass is 10.3. The van der Waals surface area contributed by atoms with Gasteiger partial charge in [-0.2, -0.15) is 0 Å². The smallest absolute Gasteiger partial charge is 0.235 e. The van der Waals surface area contributed by atoms with E-state index < -0.39 is 0 Å². The van der Waals surface area contributed by atoms with Crippen molar-refractivity contribution >= 4 is 39.9 Å². The van der Waals surface area contributed by atoms with Gasteiger partial charge in [0.1, 0.15) is 4.32 Å². The van der Waals surface area contributed by atoms with E-state index in [4.69, 9.17) is 0 Å². The van der Waals surface area contributed by atoms with E-state index in [2.05, 4.69) is 34.6 Å². The van der Waals surface area contributed by atoms with E-state index in [0.717, 1.165) is 0 Å².